The molecule has 2 N–H and O–H groups in total. The van der Waals surface area contributed by atoms with Crippen molar-refractivity contribution in [1.29, 1.82) is 0 Å². The summed E-state index contributed by atoms with van der Waals surface area (Å²) in [6.07, 6.45) is 1.10. The van der Waals surface area contributed by atoms with Crippen molar-refractivity contribution in [1.82, 2.24) is 5.01 Å². The predicted molar refractivity (Wildman–Crippen MR) is 70.4 cm³/mol. The van der Waals surface area contributed by atoms with Crippen LogP contribution in [0.15, 0.2) is 33.8 Å². The first-order valence-electron chi connectivity index (χ1n) is 5.51. The summed E-state index contributed by atoms with van der Waals surface area (Å²) in [6.45, 7) is 1.04. The Bertz CT molecular complexity index is 459. The van der Waals surface area contributed by atoms with Gasteiger partial charge in [0.25, 0.3) is 0 Å². The zero-order chi connectivity index (χ0) is 12.3. The van der Waals surface area contributed by atoms with Gasteiger partial charge >= 0.3 is 0 Å². The number of rotatable bonds is 4. The van der Waals surface area contributed by atoms with Gasteiger partial charge in [-0.15, -0.1) is 0 Å². The molecule has 17 heavy (non-hydrogen) atoms. The average Bonchev–Trinajstić information content (AvgIpc) is 2.63. The Hall–Kier alpha value is -1.20. The first-order valence-corrected chi connectivity index (χ1v) is 6.30. The molecule has 0 saturated heterocycles. The Balaban J connectivity index is 2.09. The number of hydrazone groups is 1. The summed E-state index contributed by atoms with van der Waals surface area (Å²) in [5, 5.41) is 5.81. The molecule has 2 rings (SSSR count). The normalized spacial score (nSPS) is 15.3. The standard InChI is InChI=1S/C12H14BrN3O/c13-11-4-2-1-3-9(11)8-16-12(17)7-10(15-16)5-6-14/h1-4H,5-8,14H2. The summed E-state index contributed by atoms with van der Waals surface area (Å²) in [6, 6.07) is 7.84. The molecule has 1 aliphatic rings. The van der Waals surface area contributed by atoms with Crippen LogP contribution in [0.25, 0.3) is 0 Å². The maximum absolute atomic E-state index is 11.7. The lowest BCUT2D eigenvalue weighted by Gasteiger charge is -2.12. The molecular formula is C12H14BrN3O. The van der Waals surface area contributed by atoms with Crippen LogP contribution < -0.4 is 5.73 Å². The van der Waals surface area contributed by atoms with Gasteiger partial charge in [0, 0.05) is 16.6 Å². The van der Waals surface area contributed by atoms with Crippen molar-refractivity contribution in [3.8, 4) is 0 Å². The molecule has 0 aliphatic carbocycles. The SMILES string of the molecule is NCCC1=NN(Cc2ccccc2Br)C(=O)C1. The van der Waals surface area contributed by atoms with Gasteiger partial charge in [-0.3, -0.25) is 4.79 Å². The first kappa shape index (κ1) is 12.3. The first-order chi connectivity index (χ1) is 8.20. The molecule has 0 aromatic heterocycles. The van der Waals surface area contributed by atoms with E-state index in [9.17, 15) is 4.79 Å². The highest BCUT2D eigenvalue weighted by Gasteiger charge is 2.23. The number of nitrogens with two attached hydrogens (primary N) is 1. The average molecular weight is 296 g/mol. The molecule has 0 bridgehead atoms. The fourth-order valence-electron chi connectivity index (χ4n) is 1.74. The summed E-state index contributed by atoms with van der Waals surface area (Å²) >= 11 is 3.46. The Morgan fingerprint density at radius 3 is 2.88 bits per heavy atom. The summed E-state index contributed by atoms with van der Waals surface area (Å²) in [5.41, 5.74) is 7.39. The number of hydrogen-bond acceptors (Lipinski definition) is 3. The van der Waals surface area contributed by atoms with E-state index < -0.39 is 0 Å². The molecular weight excluding hydrogens is 282 g/mol. The van der Waals surface area contributed by atoms with E-state index in [1.54, 1.807) is 0 Å². The van der Waals surface area contributed by atoms with E-state index in [0.717, 1.165) is 15.7 Å². The van der Waals surface area contributed by atoms with E-state index in [1.165, 1.54) is 5.01 Å². The quantitative estimate of drug-likeness (QED) is 0.922. The molecule has 1 heterocycles. The van der Waals surface area contributed by atoms with E-state index >= 15 is 0 Å². The Morgan fingerprint density at radius 1 is 1.41 bits per heavy atom. The second-order valence-electron chi connectivity index (χ2n) is 3.92. The van der Waals surface area contributed by atoms with E-state index in [0.29, 0.717) is 25.9 Å². The van der Waals surface area contributed by atoms with Gasteiger partial charge in [-0.05, 0) is 18.2 Å². The lowest BCUT2D eigenvalue weighted by molar-refractivity contribution is -0.129. The number of benzene rings is 1. The summed E-state index contributed by atoms with van der Waals surface area (Å²) in [5.74, 6) is 0.0456. The van der Waals surface area contributed by atoms with Gasteiger partial charge in [-0.25, -0.2) is 5.01 Å². The van der Waals surface area contributed by atoms with Crippen LogP contribution in [0, 0.1) is 0 Å². The lowest BCUT2D eigenvalue weighted by atomic mass is 10.2. The molecule has 0 radical (unpaired) electrons. The molecule has 5 heteroatoms. The van der Waals surface area contributed by atoms with Crippen LogP contribution in [0.5, 0.6) is 0 Å². The minimum absolute atomic E-state index is 0.0456. The van der Waals surface area contributed by atoms with Gasteiger partial charge in [0.05, 0.1) is 13.0 Å². The number of amides is 1. The van der Waals surface area contributed by atoms with Crippen molar-refractivity contribution in [3.63, 3.8) is 0 Å². The van der Waals surface area contributed by atoms with Crippen molar-refractivity contribution in [2.24, 2.45) is 10.8 Å². The van der Waals surface area contributed by atoms with Crippen molar-refractivity contribution in [2.45, 2.75) is 19.4 Å². The molecule has 1 aromatic rings. The van der Waals surface area contributed by atoms with Crippen LogP contribution in [-0.2, 0) is 11.3 Å². The Morgan fingerprint density at radius 2 is 2.18 bits per heavy atom. The van der Waals surface area contributed by atoms with Crippen molar-refractivity contribution in [2.75, 3.05) is 6.54 Å². The minimum atomic E-state index is 0.0456. The van der Waals surface area contributed by atoms with Crippen LogP contribution in [0.1, 0.15) is 18.4 Å². The second kappa shape index (κ2) is 5.42. The van der Waals surface area contributed by atoms with Crippen molar-refractivity contribution in [3.05, 3.63) is 34.3 Å². The third-order valence-electron chi connectivity index (χ3n) is 2.62. The number of halogens is 1. The van der Waals surface area contributed by atoms with Gasteiger partial charge in [-0.1, -0.05) is 34.1 Å². The molecule has 0 fully saturated rings. The molecule has 0 spiro atoms. The number of carbonyl (C=O) groups excluding carboxylic acids is 1. The zero-order valence-corrected chi connectivity index (χ0v) is 11.0. The van der Waals surface area contributed by atoms with Gasteiger partial charge in [0.15, 0.2) is 0 Å². The topological polar surface area (TPSA) is 58.7 Å². The van der Waals surface area contributed by atoms with Crippen molar-refractivity contribution < 1.29 is 4.79 Å². The number of hydrogen-bond donors (Lipinski definition) is 1. The minimum Gasteiger partial charge on any atom is -0.330 e. The highest BCUT2D eigenvalue weighted by atomic mass is 79.9. The fourth-order valence-corrected chi connectivity index (χ4v) is 2.15. The second-order valence-corrected chi connectivity index (χ2v) is 4.78. The highest BCUT2D eigenvalue weighted by molar-refractivity contribution is 9.10. The van der Waals surface area contributed by atoms with E-state index in [-0.39, 0.29) is 5.91 Å². The molecule has 4 nitrogen and oxygen atoms in total. The zero-order valence-electron chi connectivity index (χ0n) is 9.40. The molecule has 0 saturated carbocycles. The van der Waals surface area contributed by atoms with Gasteiger partial charge < -0.3 is 5.73 Å². The van der Waals surface area contributed by atoms with Crippen molar-refractivity contribution >= 4 is 27.5 Å². The Kier molecular flexibility index (Phi) is 3.91. The maximum Gasteiger partial charge on any atom is 0.248 e. The molecule has 0 atom stereocenters. The molecule has 90 valence electrons. The van der Waals surface area contributed by atoms with Crippen LogP contribution >= 0.6 is 15.9 Å². The monoisotopic (exact) mass is 295 g/mol. The molecule has 0 unspecified atom stereocenters. The fraction of sp³-hybridized carbons (Fsp3) is 0.333. The van der Waals surface area contributed by atoms with E-state index in [4.69, 9.17) is 5.73 Å². The lowest BCUT2D eigenvalue weighted by Crippen LogP contribution is -2.20. The van der Waals surface area contributed by atoms with Crippen LogP contribution in [0.2, 0.25) is 0 Å². The van der Waals surface area contributed by atoms with Gasteiger partial charge in [-0.2, -0.15) is 5.10 Å². The van der Waals surface area contributed by atoms with Gasteiger partial charge in [0.1, 0.15) is 0 Å². The van der Waals surface area contributed by atoms with Crippen LogP contribution in [0.4, 0.5) is 0 Å². The predicted octanol–water partition coefficient (Wildman–Crippen LogP) is 1.89. The van der Waals surface area contributed by atoms with E-state index in [1.807, 2.05) is 24.3 Å². The summed E-state index contributed by atoms with van der Waals surface area (Å²) < 4.78 is 0.996. The maximum atomic E-state index is 11.7. The highest BCUT2D eigenvalue weighted by Crippen LogP contribution is 2.20. The summed E-state index contributed by atoms with van der Waals surface area (Å²) in [7, 11) is 0. The number of carbonyl (C=O) groups is 1. The third-order valence-corrected chi connectivity index (χ3v) is 3.39. The summed E-state index contributed by atoms with van der Waals surface area (Å²) in [4.78, 5) is 11.7. The molecule has 1 aromatic carbocycles. The Labute approximate surface area is 109 Å². The third kappa shape index (κ3) is 2.92. The van der Waals surface area contributed by atoms with Gasteiger partial charge in [0.2, 0.25) is 5.91 Å². The van der Waals surface area contributed by atoms with E-state index in [2.05, 4.69) is 21.0 Å². The molecule has 1 amide bonds. The molecule has 1 aliphatic heterocycles. The smallest absolute Gasteiger partial charge is 0.248 e. The van der Waals surface area contributed by atoms with Crippen LogP contribution in [0.3, 0.4) is 0 Å². The largest absolute Gasteiger partial charge is 0.330 e. The van der Waals surface area contributed by atoms with Crippen LogP contribution in [-0.4, -0.2) is 23.2 Å². The number of nitrogens with zero attached hydrogens (tertiary/aromatic N) is 2.